The maximum Gasteiger partial charge on any atom is 0.404 e. The third-order valence-electron chi connectivity index (χ3n) is 5.41. The molecule has 0 aromatic heterocycles. The summed E-state index contributed by atoms with van der Waals surface area (Å²) in [5.41, 5.74) is 2.53. The fraction of sp³-hybridized carbons (Fsp3) is 0.227. The number of aromatic amines is 1. The summed E-state index contributed by atoms with van der Waals surface area (Å²) in [4.78, 5) is 46.8. The van der Waals surface area contributed by atoms with Crippen molar-refractivity contribution in [3.05, 3.63) is 80.0 Å². The Morgan fingerprint density at radius 2 is 1.77 bits per heavy atom. The molecular formula is C22H21N5O4. The summed E-state index contributed by atoms with van der Waals surface area (Å²) in [6, 6.07) is 11.8. The number of nitrogens with one attached hydrogen (secondary N) is 2. The molecule has 2 aromatic carbocycles. The normalized spacial score (nSPS) is 13.3. The first-order valence-electron chi connectivity index (χ1n) is 9.74. The van der Waals surface area contributed by atoms with Gasteiger partial charge in [0.15, 0.2) is 11.5 Å². The van der Waals surface area contributed by atoms with Gasteiger partial charge in [0.05, 0.1) is 23.1 Å². The van der Waals surface area contributed by atoms with Crippen LogP contribution in [-0.4, -0.2) is 36.8 Å². The Hall–Kier alpha value is -4.01. The molecular weight excluding hydrogens is 398 g/mol. The standard InChI is InChI=1S/C22H21N5O4/c1-11-9-15-16(10-12(11)2)27(19-17(24-15)20(28)26-21(29)25-19)18(13(3)23-22(30)31)14-7-5-4-6-8-14/h4-10,13,18,23H,1-3H3,(H,30,31)(H,26,28,29). The van der Waals surface area contributed by atoms with E-state index in [1.165, 1.54) is 0 Å². The number of hydrogen-bond donors (Lipinski definition) is 3. The fourth-order valence-electron chi connectivity index (χ4n) is 3.87. The van der Waals surface area contributed by atoms with E-state index in [4.69, 9.17) is 0 Å². The topological polar surface area (TPSA) is 130 Å². The number of aryl methyl sites for hydroxylation is 2. The molecule has 0 fully saturated rings. The molecule has 2 heterocycles. The van der Waals surface area contributed by atoms with Gasteiger partial charge in [-0.25, -0.2) is 14.6 Å². The minimum Gasteiger partial charge on any atom is -0.465 e. The molecule has 2 aliphatic rings. The summed E-state index contributed by atoms with van der Waals surface area (Å²) in [5, 5.41) is 11.9. The van der Waals surface area contributed by atoms with Crippen LogP contribution in [0.1, 0.15) is 29.7 Å². The molecule has 0 bridgehead atoms. The third kappa shape index (κ3) is 3.65. The second-order valence-corrected chi connectivity index (χ2v) is 7.54. The van der Waals surface area contributed by atoms with Gasteiger partial charge in [-0.2, -0.15) is 4.98 Å². The smallest absolute Gasteiger partial charge is 0.404 e. The van der Waals surface area contributed by atoms with Gasteiger partial charge in [0, 0.05) is 0 Å². The van der Waals surface area contributed by atoms with Gasteiger partial charge in [0.1, 0.15) is 0 Å². The van der Waals surface area contributed by atoms with Crippen LogP contribution in [0.2, 0.25) is 0 Å². The minimum absolute atomic E-state index is 0.0128. The van der Waals surface area contributed by atoms with Crippen molar-refractivity contribution in [1.82, 2.24) is 24.8 Å². The number of carbonyl (C=O) groups is 1. The van der Waals surface area contributed by atoms with Crippen molar-refractivity contribution in [3.63, 3.8) is 0 Å². The number of amides is 1. The van der Waals surface area contributed by atoms with Crippen LogP contribution in [0.5, 0.6) is 0 Å². The molecule has 2 unspecified atom stereocenters. The Bertz CT molecular complexity index is 1380. The zero-order valence-electron chi connectivity index (χ0n) is 17.2. The first-order chi connectivity index (χ1) is 14.8. The number of fused-ring (bicyclic) bond motifs is 2. The van der Waals surface area contributed by atoms with Gasteiger partial charge >= 0.3 is 11.8 Å². The SMILES string of the molecule is Cc1cc2nc3c(=O)[nH]c(=O)nc-3n(C(c3ccccc3)C(C)NC(=O)O)c2cc1C. The highest BCUT2D eigenvalue weighted by atomic mass is 16.4. The molecule has 3 N–H and O–H groups in total. The molecule has 2 atom stereocenters. The quantitative estimate of drug-likeness (QED) is 0.436. The van der Waals surface area contributed by atoms with Gasteiger partial charge in [-0.15, -0.1) is 0 Å². The highest BCUT2D eigenvalue weighted by molar-refractivity contribution is 5.81. The average Bonchev–Trinajstić information content (AvgIpc) is 2.70. The van der Waals surface area contributed by atoms with E-state index in [-0.39, 0.29) is 11.5 Å². The summed E-state index contributed by atoms with van der Waals surface area (Å²) < 4.78 is 1.73. The van der Waals surface area contributed by atoms with Gasteiger partial charge in [-0.1, -0.05) is 30.3 Å². The van der Waals surface area contributed by atoms with Crippen molar-refractivity contribution in [2.75, 3.05) is 0 Å². The van der Waals surface area contributed by atoms with Crippen LogP contribution >= 0.6 is 0 Å². The lowest BCUT2D eigenvalue weighted by molar-refractivity contribution is 0.188. The first-order valence-corrected chi connectivity index (χ1v) is 9.74. The van der Waals surface area contributed by atoms with Gasteiger partial charge in [0.2, 0.25) is 0 Å². The number of nitrogens with zero attached hydrogens (tertiary/aromatic N) is 3. The maximum absolute atomic E-state index is 12.6. The molecule has 2 aliphatic heterocycles. The summed E-state index contributed by atoms with van der Waals surface area (Å²) in [6.07, 6.45) is -1.18. The summed E-state index contributed by atoms with van der Waals surface area (Å²) in [6.45, 7) is 5.62. The van der Waals surface area contributed by atoms with Crippen molar-refractivity contribution in [3.8, 4) is 11.5 Å². The second kappa shape index (κ2) is 7.67. The number of aromatic nitrogens is 4. The maximum atomic E-state index is 12.6. The predicted octanol–water partition coefficient (Wildman–Crippen LogP) is 2.45. The minimum atomic E-state index is -1.18. The van der Waals surface area contributed by atoms with Crippen LogP contribution in [0.4, 0.5) is 4.79 Å². The first kappa shape index (κ1) is 20.3. The van der Waals surface area contributed by atoms with Crippen molar-refractivity contribution < 1.29 is 9.90 Å². The molecule has 0 radical (unpaired) electrons. The third-order valence-corrected chi connectivity index (χ3v) is 5.41. The molecule has 1 amide bonds. The zero-order chi connectivity index (χ0) is 22.3. The van der Waals surface area contributed by atoms with E-state index in [1.54, 1.807) is 11.5 Å². The Morgan fingerprint density at radius 3 is 2.45 bits per heavy atom. The molecule has 0 aliphatic carbocycles. The monoisotopic (exact) mass is 419 g/mol. The Kier molecular flexibility index (Phi) is 5.02. The van der Waals surface area contributed by atoms with E-state index in [1.807, 2.05) is 56.3 Å². The molecule has 158 valence electrons. The van der Waals surface area contributed by atoms with Crippen LogP contribution in [0.25, 0.3) is 22.6 Å². The van der Waals surface area contributed by atoms with E-state index in [2.05, 4.69) is 20.3 Å². The molecule has 0 saturated heterocycles. The Labute approximate surface area is 176 Å². The van der Waals surface area contributed by atoms with Crippen LogP contribution in [0.3, 0.4) is 0 Å². The second-order valence-electron chi connectivity index (χ2n) is 7.54. The molecule has 4 rings (SSSR count). The number of carboxylic acid groups (broad SMARTS) is 1. The van der Waals surface area contributed by atoms with Gasteiger partial charge < -0.3 is 15.0 Å². The summed E-state index contributed by atoms with van der Waals surface area (Å²) in [5.74, 6) is 0.0948. The Balaban J connectivity index is 2.17. The van der Waals surface area contributed by atoms with Gasteiger partial charge in [-0.05, 0) is 49.6 Å². The van der Waals surface area contributed by atoms with Crippen LogP contribution in [0, 0.1) is 13.8 Å². The lowest BCUT2D eigenvalue weighted by Crippen LogP contribution is -2.40. The lowest BCUT2D eigenvalue weighted by atomic mass is 9.98. The largest absolute Gasteiger partial charge is 0.465 e. The fourth-order valence-corrected chi connectivity index (χ4v) is 3.87. The molecule has 0 saturated carbocycles. The Morgan fingerprint density at radius 1 is 1.10 bits per heavy atom. The van der Waals surface area contributed by atoms with Crippen LogP contribution in [0.15, 0.2) is 52.1 Å². The zero-order valence-corrected chi connectivity index (χ0v) is 17.2. The van der Waals surface area contributed by atoms with E-state index in [0.29, 0.717) is 11.0 Å². The van der Waals surface area contributed by atoms with E-state index in [0.717, 1.165) is 16.7 Å². The van der Waals surface area contributed by atoms with E-state index >= 15 is 0 Å². The number of rotatable bonds is 4. The molecule has 9 heteroatoms. The van der Waals surface area contributed by atoms with Gasteiger partial charge in [-0.3, -0.25) is 9.78 Å². The highest BCUT2D eigenvalue weighted by Crippen LogP contribution is 2.32. The number of benzene rings is 2. The molecule has 31 heavy (non-hydrogen) atoms. The van der Waals surface area contributed by atoms with E-state index < -0.39 is 29.4 Å². The van der Waals surface area contributed by atoms with Crippen LogP contribution < -0.4 is 16.6 Å². The van der Waals surface area contributed by atoms with Gasteiger partial charge in [0.25, 0.3) is 5.56 Å². The molecule has 0 spiro atoms. The van der Waals surface area contributed by atoms with Crippen LogP contribution in [-0.2, 0) is 0 Å². The summed E-state index contributed by atoms with van der Waals surface area (Å²) >= 11 is 0. The van der Waals surface area contributed by atoms with E-state index in [9.17, 15) is 19.5 Å². The molecule has 9 nitrogen and oxygen atoms in total. The summed E-state index contributed by atoms with van der Waals surface area (Å²) in [7, 11) is 0. The van der Waals surface area contributed by atoms with Crippen molar-refractivity contribution in [2.24, 2.45) is 0 Å². The lowest BCUT2D eigenvalue weighted by Gasteiger charge is -2.30. The highest BCUT2D eigenvalue weighted by Gasteiger charge is 2.29. The predicted molar refractivity (Wildman–Crippen MR) is 116 cm³/mol. The van der Waals surface area contributed by atoms with Crippen molar-refractivity contribution in [2.45, 2.75) is 32.9 Å². The average molecular weight is 419 g/mol. The molecule has 2 aromatic rings. The van der Waals surface area contributed by atoms with Crippen molar-refractivity contribution in [1.29, 1.82) is 0 Å². The number of H-pyrrole nitrogens is 1. The van der Waals surface area contributed by atoms with Crippen molar-refractivity contribution >= 4 is 17.1 Å². The number of hydrogen-bond acceptors (Lipinski definition) is 5.